The molecule has 2 amide bonds. The fourth-order valence-electron chi connectivity index (χ4n) is 4.48. The molecule has 0 aliphatic carbocycles. The number of ether oxygens (including phenoxy) is 1. The number of rotatable bonds is 13. The highest BCUT2D eigenvalue weighted by Gasteiger charge is 2.34. The molecule has 9 heteroatoms. The Labute approximate surface area is 244 Å². The summed E-state index contributed by atoms with van der Waals surface area (Å²) in [5.41, 5.74) is 3.06. The maximum atomic E-state index is 14.2. The van der Waals surface area contributed by atoms with Crippen molar-refractivity contribution < 1.29 is 22.7 Å². The molecule has 0 unspecified atom stereocenters. The average molecular weight is 580 g/mol. The molecule has 0 bridgehead atoms. The minimum Gasteiger partial charge on any atom is -0.492 e. The lowest BCUT2D eigenvalue weighted by Crippen LogP contribution is -2.53. The number of sulfonamides is 1. The summed E-state index contributed by atoms with van der Waals surface area (Å²) in [7, 11) is -4.19. The quantitative estimate of drug-likeness (QED) is 0.299. The second-order valence-corrected chi connectivity index (χ2v) is 12.2. The van der Waals surface area contributed by atoms with Crippen molar-refractivity contribution in [3.8, 4) is 5.75 Å². The number of aryl methyl sites for hydroxylation is 2. The van der Waals surface area contributed by atoms with E-state index in [9.17, 15) is 18.0 Å². The first kappa shape index (κ1) is 31.7. The van der Waals surface area contributed by atoms with Crippen LogP contribution in [0.3, 0.4) is 0 Å². The molecule has 0 aliphatic rings. The number of benzene rings is 3. The van der Waals surface area contributed by atoms with Crippen molar-refractivity contribution in [3.63, 3.8) is 0 Å². The number of hydrogen-bond donors (Lipinski definition) is 1. The van der Waals surface area contributed by atoms with Crippen LogP contribution in [-0.4, -0.2) is 50.4 Å². The van der Waals surface area contributed by atoms with Gasteiger partial charge < -0.3 is 15.0 Å². The van der Waals surface area contributed by atoms with Gasteiger partial charge in [-0.2, -0.15) is 0 Å². The minimum atomic E-state index is -4.19. The Kier molecular flexibility index (Phi) is 10.9. The van der Waals surface area contributed by atoms with Gasteiger partial charge in [-0.05, 0) is 70.9 Å². The van der Waals surface area contributed by atoms with E-state index in [2.05, 4.69) is 5.32 Å². The molecule has 0 saturated heterocycles. The minimum absolute atomic E-state index is 0.0527. The summed E-state index contributed by atoms with van der Waals surface area (Å²) < 4.78 is 35.0. The number of anilines is 1. The van der Waals surface area contributed by atoms with Gasteiger partial charge in [0.2, 0.25) is 11.8 Å². The SMILES string of the molecule is CCOc1ccccc1N(CC(=O)N(Cc1ccc(C)cc1)[C@@H](CC)C(=O)NC(C)C)S(=O)(=O)c1ccc(C)cc1. The van der Waals surface area contributed by atoms with Gasteiger partial charge in [-0.1, -0.05) is 66.6 Å². The molecule has 41 heavy (non-hydrogen) atoms. The van der Waals surface area contributed by atoms with Crippen LogP contribution in [0.4, 0.5) is 5.69 Å². The summed E-state index contributed by atoms with van der Waals surface area (Å²) in [5.74, 6) is -0.447. The van der Waals surface area contributed by atoms with Crippen LogP contribution in [0.2, 0.25) is 0 Å². The summed E-state index contributed by atoms with van der Waals surface area (Å²) in [6.07, 6.45) is 0.358. The van der Waals surface area contributed by atoms with E-state index in [1.165, 1.54) is 17.0 Å². The third-order valence-corrected chi connectivity index (χ3v) is 8.39. The first-order valence-corrected chi connectivity index (χ1v) is 15.4. The van der Waals surface area contributed by atoms with E-state index < -0.39 is 28.5 Å². The van der Waals surface area contributed by atoms with Crippen molar-refractivity contribution in [2.45, 2.75) is 71.5 Å². The van der Waals surface area contributed by atoms with Crippen LogP contribution < -0.4 is 14.4 Å². The van der Waals surface area contributed by atoms with Crippen LogP contribution in [0, 0.1) is 13.8 Å². The number of nitrogens with zero attached hydrogens (tertiary/aromatic N) is 2. The summed E-state index contributed by atoms with van der Waals surface area (Å²) >= 11 is 0. The second-order valence-electron chi connectivity index (χ2n) is 10.3. The van der Waals surface area contributed by atoms with Gasteiger partial charge in [-0.15, -0.1) is 0 Å². The first-order valence-electron chi connectivity index (χ1n) is 13.9. The van der Waals surface area contributed by atoms with Crippen molar-refractivity contribution in [2.24, 2.45) is 0 Å². The van der Waals surface area contributed by atoms with Crippen LogP contribution >= 0.6 is 0 Å². The zero-order valence-corrected chi connectivity index (χ0v) is 25.6. The molecule has 0 radical (unpaired) electrons. The monoisotopic (exact) mass is 579 g/mol. The average Bonchev–Trinajstić information content (AvgIpc) is 2.93. The van der Waals surface area contributed by atoms with Gasteiger partial charge >= 0.3 is 0 Å². The van der Waals surface area contributed by atoms with E-state index in [0.29, 0.717) is 18.8 Å². The zero-order valence-electron chi connectivity index (χ0n) is 24.8. The Balaban J connectivity index is 2.11. The van der Waals surface area contributed by atoms with E-state index in [-0.39, 0.29) is 29.1 Å². The first-order chi connectivity index (χ1) is 19.5. The molecule has 220 valence electrons. The normalized spacial score (nSPS) is 12.1. The summed E-state index contributed by atoms with van der Waals surface area (Å²) in [4.78, 5) is 29.0. The van der Waals surface area contributed by atoms with E-state index in [1.54, 1.807) is 36.4 Å². The molecule has 0 aromatic heterocycles. The molecule has 8 nitrogen and oxygen atoms in total. The third-order valence-electron chi connectivity index (χ3n) is 6.61. The molecular weight excluding hydrogens is 538 g/mol. The van der Waals surface area contributed by atoms with Gasteiger partial charge in [0.25, 0.3) is 10.0 Å². The molecule has 0 spiro atoms. The molecule has 1 N–H and O–H groups in total. The maximum Gasteiger partial charge on any atom is 0.264 e. The Morgan fingerprint density at radius 3 is 2.02 bits per heavy atom. The predicted molar refractivity (Wildman–Crippen MR) is 162 cm³/mol. The number of para-hydroxylation sites is 2. The lowest BCUT2D eigenvalue weighted by atomic mass is 10.1. The van der Waals surface area contributed by atoms with Crippen molar-refractivity contribution in [3.05, 3.63) is 89.5 Å². The highest BCUT2D eigenvalue weighted by Crippen LogP contribution is 2.33. The van der Waals surface area contributed by atoms with Crippen molar-refractivity contribution in [2.75, 3.05) is 17.5 Å². The number of nitrogens with one attached hydrogen (secondary N) is 1. The fraction of sp³-hybridized carbons (Fsp3) is 0.375. The summed E-state index contributed by atoms with van der Waals surface area (Å²) in [5, 5.41) is 2.91. The second kappa shape index (κ2) is 14.2. The Hall–Kier alpha value is -3.85. The van der Waals surface area contributed by atoms with Crippen molar-refractivity contribution in [1.29, 1.82) is 0 Å². The van der Waals surface area contributed by atoms with Crippen LogP contribution in [0.5, 0.6) is 5.75 Å². The maximum absolute atomic E-state index is 14.2. The molecule has 1 atom stereocenters. The van der Waals surface area contributed by atoms with E-state index in [4.69, 9.17) is 4.74 Å². The van der Waals surface area contributed by atoms with Crippen molar-refractivity contribution >= 4 is 27.5 Å². The summed E-state index contributed by atoms with van der Waals surface area (Å²) in [6, 6.07) is 20.0. The fourth-order valence-corrected chi connectivity index (χ4v) is 5.91. The standard InChI is InChI=1S/C32H41N3O5S/c1-7-28(32(37)33-23(3)4)34(21-26-17-13-24(5)14-18-26)31(36)22-35(29-11-9-10-12-30(29)40-8-2)41(38,39)27-19-15-25(6)16-20-27/h9-20,23,28H,7-8,21-22H2,1-6H3,(H,33,37)/t28-/m0/s1. The smallest absolute Gasteiger partial charge is 0.264 e. The number of carbonyl (C=O) groups excluding carboxylic acids is 2. The van der Waals surface area contributed by atoms with Gasteiger partial charge in [0.15, 0.2) is 0 Å². The van der Waals surface area contributed by atoms with Gasteiger partial charge in [0.1, 0.15) is 18.3 Å². The topological polar surface area (TPSA) is 96.0 Å². The van der Waals surface area contributed by atoms with Gasteiger partial charge in [-0.25, -0.2) is 8.42 Å². The highest BCUT2D eigenvalue weighted by molar-refractivity contribution is 7.92. The largest absolute Gasteiger partial charge is 0.492 e. The summed E-state index contributed by atoms with van der Waals surface area (Å²) in [6.45, 7) is 11.2. The Morgan fingerprint density at radius 1 is 0.878 bits per heavy atom. The molecule has 3 aromatic carbocycles. The highest BCUT2D eigenvalue weighted by atomic mass is 32.2. The Morgan fingerprint density at radius 2 is 1.46 bits per heavy atom. The molecular formula is C32H41N3O5S. The zero-order chi connectivity index (χ0) is 30.2. The van der Waals surface area contributed by atoms with E-state index in [1.807, 2.05) is 65.8 Å². The molecule has 3 aromatic rings. The van der Waals surface area contributed by atoms with E-state index in [0.717, 1.165) is 21.0 Å². The lowest BCUT2D eigenvalue weighted by molar-refractivity contribution is -0.140. The molecule has 3 rings (SSSR count). The van der Waals surface area contributed by atoms with Crippen LogP contribution in [-0.2, 0) is 26.2 Å². The van der Waals surface area contributed by atoms with Crippen LogP contribution in [0.25, 0.3) is 0 Å². The van der Waals surface area contributed by atoms with Crippen LogP contribution in [0.1, 0.15) is 50.8 Å². The molecule has 0 fully saturated rings. The molecule has 0 saturated carbocycles. The molecule has 0 heterocycles. The van der Waals surface area contributed by atoms with Crippen molar-refractivity contribution in [1.82, 2.24) is 10.2 Å². The van der Waals surface area contributed by atoms with Gasteiger partial charge in [0, 0.05) is 12.6 Å². The number of amides is 2. The third kappa shape index (κ3) is 8.10. The predicted octanol–water partition coefficient (Wildman–Crippen LogP) is 5.23. The number of carbonyl (C=O) groups is 2. The molecule has 0 aliphatic heterocycles. The van der Waals surface area contributed by atoms with E-state index >= 15 is 0 Å². The van der Waals surface area contributed by atoms with Crippen LogP contribution in [0.15, 0.2) is 77.7 Å². The van der Waals surface area contributed by atoms with Gasteiger partial charge in [-0.3, -0.25) is 13.9 Å². The van der Waals surface area contributed by atoms with Gasteiger partial charge in [0.05, 0.1) is 17.2 Å². The number of hydrogen-bond acceptors (Lipinski definition) is 5. The Bertz CT molecular complexity index is 1420. The lowest BCUT2D eigenvalue weighted by Gasteiger charge is -2.34.